The number of ketones is 1. The summed E-state index contributed by atoms with van der Waals surface area (Å²) in [5, 5.41) is 9.30. The standard InChI is InChI=1S/C8H16O4/c1-5-8(4,10)12-11-7(3)6(2)9/h7,10H,5H2,1-4H3. The number of carbonyl (C=O) groups excluding carboxylic acids is 1. The molecular weight excluding hydrogens is 160 g/mol. The van der Waals surface area contributed by atoms with Gasteiger partial charge in [0.1, 0.15) is 6.10 Å². The van der Waals surface area contributed by atoms with Crippen molar-refractivity contribution in [3.63, 3.8) is 0 Å². The fraction of sp³-hybridized carbons (Fsp3) is 0.875. The van der Waals surface area contributed by atoms with Crippen LogP contribution in [-0.2, 0) is 14.6 Å². The van der Waals surface area contributed by atoms with E-state index in [1.54, 1.807) is 13.8 Å². The molecule has 0 saturated heterocycles. The lowest BCUT2D eigenvalue weighted by molar-refractivity contribution is -0.423. The highest BCUT2D eigenvalue weighted by Crippen LogP contribution is 2.11. The summed E-state index contributed by atoms with van der Waals surface area (Å²) in [4.78, 5) is 20.0. The molecule has 0 amide bonds. The molecule has 12 heavy (non-hydrogen) atoms. The van der Waals surface area contributed by atoms with Crippen molar-refractivity contribution in [2.24, 2.45) is 0 Å². The molecule has 4 heteroatoms. The Balaban J connectivity index is 3.75. The van der Waals surface area contributed by atoms with E-state index in [0.717, 1.165) is 0 Å². The molecule has 2 unspecified atom stereocenters. The monoisotopic (exact) mass is 176 g/mol. The van der Waals surface area contributed by atoms with Crippen molar-refractivity contribution in [1.82, 2.24) is 0 Å². The Morgan fingerprint density at radius 1 is 1.67 bits per heavy atom. The van der Waals surface area contributed by atoms with Gasteiger partial charge in [0.05, 0.1) is 0 Å². The highest BCUT2D eigenvalue weighted by Gasteiger charge is 2.21. The number of aliphatic hydroxyl groups is 1. The van der Waals surface area contributed by atoms with E-state index in [9.17, 15) is 9.90 Å². The predicted molar refractivity (Wildman–Crippen MR) is 43.2 cm³/mol. The van der Waals surface area contributed by atoms with E-state index in [2.05, 4.69) is 9.78 Å². The van der Waals surface area contributed by atoms with Crippen molar-refractivity contribution < 1.29 is 19.7 Å². The quantitative estimate of drug-likeness (QED) is 0.386. The van der Waals surface area contributed by atoms with Crippen LogP contribution in [-0.4, -0.2) is 22.8 Å². The smallest absolute Gasteiger partial charge is 0.196 e. The molecule has 2 atom stereocenters. The second-order valence-corrected chi connectivity index (χ2v) is 2.96. The molecule has 0 aromatic carbocycles. The summed E-state index contributed by atoms with van der Waals surface area (Å²) >= 11 is 0. The second-order valence-electron chi connectivity index (χ2n) is 2.96. The molecule has 1 N–H and O–H groups in total. The van der Waals surface area contributed by atoms with Gasteiger partial charge in [0, 0.05) is 6.42 Å². The Labute approximate surface area is 72.4 Å². The largest absolute Gasteiger partial charge is 0.363 e. The molecule has 0 aliphatic heterocycles. The zero-order chi connectivity index (χ0) is 9.78. The molecule has 0 aliphatic carbocycles. The van der Waals surface area contributed by atoms with Gasteiger partial charge in [-0.1, -0.05) is 6.92 Å². The molecule has 0 radical (unpaired) electrons. The third-order valence-electron chi connectivity index (χ3n) is 1.60. The van der Waals surface area contributed by atoms with E-state index in [4.69, 9.17) is 0 Å². The van der Waals surface area contributed by atoms with Gasteiger partial charge in [0.25, 0.3) is 0 Å². The summed E-state index contributed by atoms with van der Waals surface area (Å²) in [7, 11) is 0. The molecule has 0 aliphatic rings. The minimum absolute atomic E-state index is 0.137. The molecule has 0 saturated carbocycles. The van der Waals surface area contributed by atoms with Crippen LogP contribution in [0.5, 0.6) is 0 Å². The highest BCUT2D eigenvalue weighted by atomic mass is 17.2. The SMILES string of the molecule is CCC(C)(O)OOC(C)C(C)=O. The average Bonchev–Trinajstić information content (AvgIpc) is 2.00. The second kappa shape index (κ2) is 4.54. The van der Waals surface area contributed by atoms with Gasteiger partial charge in [-0.2, -0.15) is 0 Å². The Kier molecular flexibility index (Phi) is 4.37. The van der Waals surface area contributed by atoms with E-state index >= 15 is 0 Å². The topological polar surface area (TPSA) is 55.8 Å². The fourth-order valence-electron chi connectivity index (χ4n) is 0.302. The molecule has 0 fully saturated rings. The zero-order valence-electron chi connectivity index (χ0n) is 7.96. The van der Waals surface area contributed by atoms with E-state index in [-0.39, 0.29) is 5.78 Å². The summed E-state index contributed by atoms with van der Waals surface area (Å²) in [6, 6.07) is 0. The lowest BCUT2D eigenvalue weighted by Gasteiger charge is -2.21. The van der Waals surface area contributed by atoms with Crippen molar-refractivity contribution in [1.29, 1.82) is 0 Å². The number of rotatable bonds is 5. The molecular formula is C8H16O4. The maximum atomic E-state index is 10.7. The summed E-state index contributed by atoms with van der Waals surface area (Å²) in [6.07, 6.45) is -0.236. The molecule has 4 nitrogen and oxygen atoms in total. The van der Waals surface area contributed by atoms with Gasteiger partial charge < -0.3 is 5.11 Å². The number of carbonyl (C=O) groups is 1. The molecule has 0 heterocycles. The highest BCUT2D eigenvalue weighted by molar-refractivity contribution is 5.79. The average molecular weight is 176 g/mol. The first-order valence-electron chi connectivity index (χ1n) is 3.96. The van der Waals surface area contributed by atoms with Crippen molar-refractivity contribution in [3.05, 3.63) is 0 Å². The Bertz CT molecular complexity index is 153. The molecule has 0 aromatic rings. The number of hydrogen-bond donors (Lipinski definition) is 1. The first-order valence-corrected chi connectivity index (χ1v) is 3.96. The van der Waals surface area contributed by atoms with Gasteiger partial charge in [-0.15, -0.1) is 0 Å². The maximum Gasteiger partial charge on any atom is 0.196 e. The summed E-state index contributed by atoms with van der Waals surface area (Å²) in [5.41, 5.74) is 0. The van der Waals surface area contributed by atoms with E-state index in [1.807, 2.05) is 0 Å². The Hall–Kier alpha value is -0.450. The van der Waals surface area contributed by atoms with E-state index in [1.165, 1.54) is 13.8 Å². The number of hydrogen-bond acceptors (Lipinski definition) is 4. The lowest BCUT2D eigenvalue weighted by atomic mass is 10.2. The van der Waals surface area contributed by atoms with Crippen LogP contribution >= 0.6 is 0 Å². The fourth-order valence-corrected chi connectivity index (χ4v) is 0.302. The first kappa shape index (κ1) is 11.6. The van der Waals surface area contributed by atoms with Crippen LogP contribution in [0.25, 0.3) is 0 Å². The van der Waals surface area contributed by atoms with Gasteiger partial charge in [-0.3, -0.25) is 4.79 Å². The van der Waals surface area contributed by atoms with Crippen LogP contribution < -0.4 is 0 Å². The minimum Gasteiger partial charge on any atom is -0.363 e. The third-order valence-corrected chi connectivity index (χ3v) is 1.60. The molecule has 0 rings (SSSR count). The van der Waals surface area contributed by atoms with Crippen LogP contribution in [0.3, 0.4) is 0 Å². The maximum absolute atomic E-state index is 10.7. The summed E-state index contributed by atoms with van der Waals surface area (Å²) in [5.74, 6) is -1.45. The van der Waals surface area contributed by atoms with Crippen LogP contribution in [0, 0.1) is 0 Å². The van der Waals surface area contributed by atoms with Gasteiger partial charge in [0.2, 0.25) is 0 Å². The van der Waals surface area contributed by atoms with Crippen molar-refractivity contribution in [2.45, 2.75) is 46.0 Å². The summed E-state index contributed by atoms with van der Waals surface area (Å²) in [6.45, 7) is 6.18. The Morgan fingerprint density at radius 2 is 2.17 bits per heavy atom. The van der Waals surface area contributed by atoms with Crippen LogP contribution in [0.2, 0.25) is 0 Å². The molecule has 0 bridgehead atoms. The zero-order valence-corrected chi connectivity index (χ0v) is 7.96. The van der Waals surface area contributed by atoms with Crippen molar-refractivity contribution in [3.8, 4) is 0 Å². The first-order chi connectivity index (χ1) is 5.39. The minimum atomic E-state index is -1.32. The molecule has 72 valence electrons. The number of Topliss-reactive ketones (excluding diaryl/α,β-unsaturated/α-hetero) is 1. The third kappa shape index (κ3) is 4.43. The van der Waals surface area contributed by atoms with Crippen LogP contribution in [0.1, 0.15) is 34.1 Å². The van der Waals surface area contributed by atoms with Crippen molar-refractivity contribution >= 4 is 5.78 Å². The van der Waals surface area contributed by atoms with E-state index in [0.29, 0.717) is 6.42 Å². The van der Waals surface area contributed by atoms with Crippen molar-refractivity contribution in [2.75, 3.05) is 0 Å². The van der Waals surface area contributed by atoms with Crippen LogP contribution in [0.15, 0.2) is 0 Å². The van der Waals surface area contributed by atoms with E-state index < -0.39 is 11.9 Å². The predicted octanol–water partition coefficient (Wildman–Crippen LogP) is 1.03. The van der Waals surface area contributed by atoms with Gasteiger partial charge >= 0.3 is 0 Å². The van der Waals surface area contributed by atoms with Gasteiger partial charge in [-0.05, 0) is 20.8 Å². The van der Waals surface area contributed by atoms with Gasteiger partial charge in [0.15, 0.2) is 11.6 Å². The van der Waals surface area contributed by atoms with Crippen LogP contribution in [0.4, 0.5) is 0 Å². The van der Waals surface area contributed by atoms with Gasteiger partial charge in [-0.25, -0.2) is 9.78 Å². The normalized spacial score (nSPS) is 18.4. The molecule has 0 spiro atoms. The Morgan fingerprint density at radius 3 is 2.50 bits per heavy atom. The summed E-state index contributed by atoms with van der Waals surface area (Å²) < 4.78 is 0. The lowest BCUT2D eigenvalue weighted by Crippen LogP contribution is -2.31. The molecule has 0 aromatic heterocycles.